The second-order valence-electron chi connectivity index (χ2n) is 6.11. The van der Waals surface area contributed by atoms with Crippen molar-refractivity contribution in [3.05, 3.63) is 23.8 Å². The molecular weight excluding hydrogens is 310 g/mol. The lowest BCUT2D eigenvalue weighted by molar-refractivity contribution is -0.144. The van der Waals surface area contributed by atoms with Crippen LogP contribution in [-0.2, 0) is 16.0 Å². The zero-order chi connectivity index (χ0) is 17.5. The van der Waals surface area contributed by atoms with Crippen molar-refractivity contribution < 1.29 is 24.2 Å². The van der Waals surface area contributed by atoms with Crippen LogP contribution in [0.15, 0.2) is 18.2 Å². The molecule has 132 valence electrons. The summed E-state index contributed by atoms with van der Waals surface area (Å²) in [6.07, 6.45) is 3.10. The number of aliphatic carboxylic acids is 1. The van der Waals surface area contributed by atoms with Gasteiger partial charge in [0.05, 0.1) is 20.1 Å². The van der Waals surface area contributed by atoms with Crippen molar-refractivity contribution in [2.45, 2.75) is 32.1 Å². The van der Waals surface area contributed by atoms with Gasteiger partial charge >= 0.3 is 5.97 Å². The van der Waals surface area contributed by atoms with Crippen LogP contribution in [0.4, 0.5) is 0 Å². The fraction of sp³-hybridized carbons (Fsp3) is 0.556. The summed E-state index contributed by atoms with van der Waals surface area (Å²) in [5.74, 6) is 0.415. The Morgan fingerprint density at radius 3 is 2.38 bits per heavy atom. The minimum absolute atomic E-state index is 0.0145. The molecule has 0 atom stereocenters. The highest BCUT2D eigenvalue weighted by atomic mass is 16.5. The first-order valence-electron chi connectivity index (χ1n) is 8.26. The largest absolute Gasteiger partial charge is 0.497 e. The van der Waals surface area contributed by atoms with Crippen molar-refractivity contribution >= 4 is 11.9 Å². The first-order valence-corrected chi connectivity index (χ1v) is 8.26. The van der Waals surface area contributed by atoms with Gasteiger partial charge in [0.25, 0.3) is 0 Å². The number of carboxylic acid groups (broad SMARTS) is 1. The summed E-state index contributed by atoms with van der Waals surface area (Å²) in [6.45, 7) is 0.515. The predicted molar refractivity (Wildman–Crippen MR) is 89.3 cm³/mol. The Balaban J connectivity index is 1.82. The molecule has 0 heterocycles. The SMILES string of the molecule is COc1ccc(OC)c(CCNC(=O)C2CCC(C(=O)O)CC2)c1. The Kier molecular flexibility index (Phi) is 6.46. The van der Waals surface area contributed by atoms with Crippen molar-refractivity contribution in [2.75, 3.05) is 20.8 Å². The van der Waals surface area contributed by atoms with Gasteiger partial charge in [-0.15, -0.1) is 0 Å². The first kappa shape index (κ1) is 18.1. The monoisotopic (exact) mass is 335 g/mol. The molecule has 6 nitrogen and oxygen atoms in total. The number of nitrogens with one attached hydrogen (secondary N) is 1. The van der Waals surface area contributed by atoms with Crippen LogP contribution in [0.25, 0.3) is 0 Å². The third-order valence-electron chi connectivity index (χ3n) is 4.63. The van der Waals surface area contributed by atoms with E-state index in [0.717, 1.165) is 17.1 Å². The molecule has 0 aromatic heterocycles. The normalized spacial score (nSPS) is 20.2. The Bertz CT molecular complexity index is 579. The van der Waals surface area contributed by atoms with E-state index in [0.29, 0.717) is 38.6 Å². The number of hydrogen-bond acceptors (Lipinski definition) is 4. The average molecular weight is 335 g/mol. The highest BCUT2D eigenvalue weighted by Gasteiger charge is 2.29. The second kappa shape index (κ2) is 8.57. The summed E-state index contributed by atoms with van der Waals surface area (Å²) in [4.78, 5) is 23.2. The highest BCUT2D eigenvalue weighted by Crippen LogP contribution is 2.29. The van der Waals surface area contributed by atoms with E-state index in [1.54, 1.807) is 14.2 Å². The number of amides is 1. The molecule has 1 aliphatic carbocycles. The van der Waals surface area contributed by atoms with Crippen LogP contribution in [0, 0.1) is 11.8 Å². The molecule has 2 N–H and O–H groups in total. The summed E-state index contributed by atoms with van der Waals surface area (Å²) in [7, 11) is 3.23. The van der Waals surface area contributed by atoms with Gasteiger partial charge in [-0.3, -0.25) is 9.59 Å². The van der Waals surface area contributed by atoms with E-state index in [1.165, 1.54) is 0 Å². The third kappa shape index (κ3) is 4.63. The van der Waals surface area contributed by atoms with Gasteiger partial charge in [0.15, 0.2) is 0 Å². The van der Waals surface area contributed by atoms with Crippen LogP contribution in [0.5, 0.6) is 11.5 Å². The molecule has 1 aromatic rings. The number of benzene rings is 1. The van der Waals surface area contributed by atoms with Gasteiger partial charge < -0.3 is 19.9 Å². The minimum Gasteiger partial charge on any atom is -0.497 e. The first-order chi connectivity index (χ1) is 11.5. The van der Waals surface area contributed by atoms with Crippen molar-refractivity contribution in [3.63, 3.8) is 0 Å². The van der Waals surface area contributed by atoms with Gasteiger partial charge in [0, 0.05) is 12.5 Å². The topological polar surface area (TPSA) is 84.9 Å². The zero-order valence-electron chi connectivity index (χ0n) is 14.2. The summed E-state index contributed by atoms with van der Waals surface area (Å²) >= 11 is 0. The van der Waals surface area contributed by atoms with Gasteiger partial charge in [0.1, 0.15) is 11.5 Å². The summed E-state index contributed by atoms with van der Waals surface area (Å²) in [6, 6.07) is 5.59. The molecule has 24 heavy (non-hydrogen) atoms. The van der Waals surface area contributed by atoms with E-state index in [2.05, 4.69) is 5.32 Å². The second-order valence-corrected chi connectivity index (χ2v) is 6.11. The fourth-order valence-corrected chi connectivity index (χ4v) is 3.14. The van der Waals surface area contributed by atoms with Crippen LogP contribution in [0.1, 0.15) is 31.2 Å². The fourth-order valence-electron chi connectivity index (χ4n) is 3.14. The smallest absolute Gasteiger partial charge is 0.306 e. The molecule has 1 amide bonds. The van der Waals surface area contributed by atoms with Crippen LogP contribution in [0.2, 0.25) is 0 Å². The van der Waals surface area contributed by atoms with Crippen molar-refractivity contribution in [2.24, 2.45) is 11.8 Å². The number of hydrogen-bond donors (Lipinski definition) is 2. The summed E-state index contributed by atoms with van der Waals surface area (Å²) in [5.41, 5.74) is 0.978. The lowest BCUT2D eigenvalue weighted by Crippen LogP contribution is -2.35. The van der Waals surface area contributed by atoms with E-state index in [1.807, 2.05) is 18.2 Å². The molecule has 2 rings (SSSR count). The van der Waals surface area contributed by atoms with Crippen LogP contribution in [-0.4, -0.2) is 37.7 Å². The molecule has 1 aliphatic rings. The number of carbonyl (C=O) groups is 2. The van der Waals surface area contributed by atoms with E-state index < -0.39 is 5.97 Å². The molecule has 0 radical (unpaired) electrons. The molecule has 1 saturated carbocycles. The van der Waals surface area contributed by atoms with Crippen molar-refractivity contribution in [1.29, 1.82) is 0 Å². The van der Waals surface area contributed by atoms with Gasteiger partial charge in [-0.25, -0.2) is 0 Å². The molecule has 0 bridgehead atoms. The number of carbonyl (C=O) groups excluding carboxylic acids is 1. The molecule has 0 spiro atoms. The molecule has 1 fully saturated rings. The Morgan fingerprint density at radius 2 is 1.79 bits per heavy atom. The van der Waals surface area contributed by atoms with Gasteiger partial charge in [-0.2, -0.15) is 0 Å². The number of methoxy groups -OCH3 is 2. The van der Waals surface area contributed by atoms with E-state index >= 15 is 0 Å². The molecule has 1 aromatic carbocycles. The standard InChI is InChI=1S/C18H25NO5/c1-23-15-7-8-16(24-2)14(11-15)9-10-19-17(20)12-3-5-13(6-4-12)18(21)22/h7-8,11-13H,3-6,9-10H2,1-2H3,(H,19,20)(H,21,22). The Hall–Kier alpha value is -2.24. The van der Waals surface area contributed by atoms with Crippen LogP contribution in [0.3, 0.4) is 0 Å². The van der Waals surface area contributed by atoms with Crippen LogP contribution < -0.4 is 14.8 Å². The predicted octanol–water partition coefficient (Wildman–Crippen LogP) is 2.25. The molecule has 0 unspecified atom stereocenters. The van der Waals surface area contributed by atoms with Gasteiger partial charge in [-0.1, -0.05) is 0 Å². The average Bonchev–Trinajstić information content (AvgIpc) is 2.61. The molecule has 0 saturated heterocycles. The number of rotatable bonds is 7. The Morgan fingerprint density at radius 1 is 1.12 bits per heavy atom. The summed E-state index contributed by atoms with van der Waals surface area (Å²) < 4.78 is 10.5. The van der Waals surface area contributed by atoms with E-state index in [-0.39, 0.29) is 17.7 Å². The maximum atomic E-state index is 12.2. The molecule has 0 aliphatic heterocycles. The Labute approximate surface area is 142 Å². The maximum absolute atomic E-state index is 12.2. The van der Waals surface area contributed by atoms with E-state index in [4.69, 9.17) is 14.6 Å². The lowest BCUT2D eigenvalue weighted by atomic mass is 9.81. The summed E-state index contributed by atoms with van der Waals surface area (Å²) in [5, 5.41) is 12.0. The number of ether oxygens (including phenoxy) is 2. The van der Waals surface area contributed by atoms with Crippen molar-refractivity contribution in [3.8, 4) is 11.5 Å². The van der Waals surface area contributed by atoms with Gasteiger partial charge in [-0.05, 0) is 55.9 Å². The quantitative estimate of drug-likeness (QED) is 0.798. The lowest BCUT2D eigenvalue weighted by Gasteiger charge is -2.25. The third-order valence-corrected chi connectivity index (χ3v) is 4.63. The number of carboxylic acids is 1. The van der Waals surface area contributed by atoms with Gasteiger partial charge in [0.2, 0.25) is 5.91 Å². The van der Waals surface area contributed by atoms with Crippen LogP contribution >= 0.6 is 0 Å². The van der Waals surface area contributed by atoms with Crippen molar-refractivity contribution in [1.82, 2.24) is 5.32 Å². The molecule has 6 heteroatoms. The van der Waals surface area contributed by atoms with E-state index in [9.17, 15) is 9.59 Å². The highest BCUT2D eigenvalue weighted by molar-refractivity contribution is 5.79. The zero-order valence-corrected chi connectivity index (χ0v) is 14.2. The maximum Gasteiger partial charge on any atom is 0.306 e. The minimum atomic E-state index is -0.751. The molecular formula is C18H25NO5.